The van der Waals surface area contributed by atoms with Crippen molar-refractivity contribution in [1.29, 1.82) is 0 Å². The molecule has 0 saturated heterocycles. The Morgan fingerprint density at radius 3 is 1.48 bits per heavy atom. The van der Waals surface area contributed by atoms with E-state index in [4.69, 9.17) is 10.8 Å². The maximum absolute atomic E-state index is 13.2. The van der Waals surface area contributed by atoms with Gasteiger partial charge in [-0.2, -0.15) is 16.8 Å². The summed E-state index contributed by atoms with van der Waals surface area (Å²) in [6.07, 6.45) is 4.16. The van der Waals surface area contributed by atoms with Crippen LogP contribution in [0.25, 0.3) is 0 Å². The van der Waals surface area contributed by atoms with Crippen LogP contribution in [0.1, 0.15) is 99.2 Å². The SMILES string of the molecule is N[C@H]1CC[C@H](NC(=O)c2ccc(C(=O)N[C@H]3CC[C@H](NC(=O)c4ccc(C(=O)NCCSSCCC(=O)O)cc4S(=O)(=O)O)CC3)cc2S(=O)(=O)O)CC1. The molecule has 21 heteroatoms. The molecule has 9 N–H and O–H groups in total. The van der Waals surface area contributed by atoms with Gasteiger partial charge in [-0.3, -0.25) is 33.1 Å². The minimum atomic E-state index is -4.92. The van der Waals surface area contributed by atoms with Crippen LogP contribution in [-0.2, 0) is 25.0 Å². The number of carboxylic acid groups (broad SMARTS) is 1. The fourth-order valence-corrected chi connectivity index (χ4v) is 9.44. The third-order valence-electron chi connectivity index (χ3n) is 8.99. The summed E-state index contributed by atoms with van der Waals surface area (Å²) in [5, 5.41) is 19.6. The summed E-state index contributed by atoms with van der Waals surface area (Å²) in [4.78, 5) is 60.9. The van der Waals surface area contributed by atoms with Gasteiger partial charge in [-0.05, 0) is 87.8 Å². The first-order chi connectivity index (χ1) is 25.4. The van der Waals surface area contributed by atoms with Crippen LogP contribution in [0.15, 0.2) is 46.2 Å². The minimum absolute atomic E-state index is 0.00365. The second kappa shape index (κ2) is 19.2. The van der Waals surface area contributed by atoms with Gasteiger partial charge in [0.15, 0.2) is 0 Å². The van der Waals surface area contributed by atoms with E-state index in [1.807, 2.05) is 0 Å². The van der Waals surface area contributed by atoms with Crippen molar-refractivity contribution in [1.82, 2.24) is 21.3 Å². The van der Waals surface area contributed by atoms with Crippen LogP contribution in [-0.4, -0.2) is 103 Å². The molecule has 0 unspecified atom stereocenters. The lowest BCUT2D eigenvalue weighted by Crippen LogP contribution is -2.44. The van der Waals surface area contributed by atoms with Crippen LogP contribution in [0, 0.1) is 0 Å². The third kappa shape index (κ3) is 12.7. The van der Waals surface area contributed by atoms with Gasteiger partial charge < -0.3 is 32.1 Å². The van der Waals surface area contributed by atoms with Crippen molar-refractivity contribution in [3.63, 3.8) is 0 Å². The molecule has 0 atom stereocenters. The van der Waals surface area contributed by atoms with Gasteiger partial charge in [0.1, 0.15) is 9.79 Å². The van der Waals surface area contributed by atoms with Crippen LogP contribution in [0.3, 0.4) is 0 Å². The predicted molar refractivity (Wildman–Crippen MR) is 201 cm³/mol. The zero-order valence-electron chi connectivity index (χ0n) is 29.0. The lowest BCUT2D eigenvalue weighted by molar-refractivity contribution is -0.136. The number of aliphatic carboxylic acids is 1. The van der Waals surface area contributed by atoms with E-state index in [1.54, 1.807) is 0 Å². The fraction of sp³-hybridized carbons (Fsp3) is 0.485. The van der Waals surface area contributed by atoms with Crippen molar-refractivity contribution in [2.24, 2.45) is 5.73 Å². The molecule has 54 heavy (non-hydrogen) atoms. The second-order valence-corrected chi connectivity index (χ2v) is 18.5. The molecule has 17 nitrogen and oxygen atoms in total. The van der Waals surface area contributed by atoms with Crippen LogP contribution in [0.5, 0.6) is 0 Å². The third-order valence-corrected chi connectivity index (χ3v) is 13.2. The number of hydrogen-bond acceptors (Lipinski definition) is 12. The molecule has 4 rings (SSSR count). The summed E-state index contributed by atoms with van der Waals surface area (Å²) in [7, 11) is -7.11. The van der Waals surface area contributed by atoms with Crippen LogP contribution in [0.4, 0.5) is 0 Å². The van der Waals surface area contributed by atoms with Crippen molar-refractivity contribution in [3.05, 3.63) is 58.7 Å². The topological polar surface area (TPSA) is 288 Å². The number of nitrogens with two attached hydrogens (primary N) is 1. The van der Waals surface area contributed by atoms with E-state index in [-0.39, 0.29) is 53.3 Å². The summed E-state index contributed by atoms with van der Waals surface area (Å²) in [5.74, 6) is -2.85. The summed E-state index contributed by atoms with van der Waals surface area (Å²) in [6, 6.07) is 5.69. The number of carboxylic acids is 1. The molecule has 0 heterocycles. The Balaban J connectivity index is 1.31. The van der Waals surface area contributed by atoms with Crippen molar-refractivity contribution < 1.29 is 55.0 Å². The molecule has 2 fully saturated rings. The molecule has 2 saturated carbocycles. The Hall–Kier alpha value is -3.73. The Morgan fingerprint density at radius 2 is 1.04 bits per heavy atom. The van der Waals surface area contributed by atoms with E-state index in [1.165, 1.54) is 39.8 Å². The molecule has 296 valence electrons. The Labute approximate surface area is 320 Å². The molecule has 2 aliphatic rings. The van der Waals surface area contributed by atoms with Crippen molar-refractivity contribution in [2.75, 3.05) is 18.1 Å². The van der Waals surface area contributed by atoms with Crippen molar-refractivity contribution in [2.45, 2.75) is 91.7 Å². The molecule has 0 aromatic heterocycles. The number of hydrogen-bond donors (Lipinski definition) is 8. The first-order valence-electron chi connectivity index (χ1n) is 17.1. The second-order valence-electron chi connectivity index (χ2n) is 13.0. The molecular formula is C33H43N5O12S4. The maximum Gasteiger partial charge on any atom is 0.304 e. The van der Waals surface area contributed by atoms with Gasteiger partial charge in [0.25, 0.3) is 43.9 Å². The lowest BCUT2D eigenvalue weighted by Gasteiger charge is -2.30. The first kappa shape index (κ1) is 43.0. The summed E-state index contributed by atoms with van der Waals surface area (Å²) in [6.45, 7) is 0.198. The monoisotopic (exact) mass is 829 g/mol. The molecule has 2 aromatic carbocycles. The van der Waals surface area contributed by atoms with E-state index >= 15 is 0 Å². The van der Waals surface area contributed by atoms with Gasteiger partial charge in [0.2, 0.25) is 0 Å². The van der Waals surface area contributed by atoms with E-state index in [2.05, 4.69) is 21.3 Å². The summed E-state index contributed by atoms with van der Waals surface area (Å²) >= 11 is 0. The van der Waals surface area contributed by atoms with E-state index in [9.17, 15) is 49.9 Å². The normalized spacial score (nSPS) is 20.4. The van der Waals surface area contributed by atoms with Crippen LogP contribution in [0.2, 0.25) is 0 Å². The summed E-state index contributed by atoms with van der Waals surface area (Å²) in [5.41, 5.74) is 5.04. The van der Waals surface area contributed by atoms with Gasteiger partial charge in [-0.25, -0.2) is 0 Å². The maximum atomic E-state index is 13.2. The van der Waals surface area contributed by atoms with Crippen molar-refractivity contribution in [3.8, 4) is 0 Å². The molecule has 0 bridgehead atoms. The fourth-order valence-electron chi connectivity index (χ4n) is 6.12. The Bertz CT molecular complexity index is 1950. The number of nitrogens with one attached hydrogen (secondary N) is 4. The highest BCUT2D eigenvalue weighted by Gasteiger charge is 2.29. The van der Waals surface area contributed by atoms with Gasteiger partial charge in [-0.15, -0.1) is 0 Å². The quantitative estimate of drug-likeness (QED) is 0.0684. The Morgan fingerprint density at radius 1 is 0.630 bits per heavy atom. The molecule has 2 aromatic rings. The zero-order chi connectivity index (χ0) is 39.6. The number of amides is 4. The van der Waals surface area contributed by atoms with Gasteiger partial charge in [0, 0.05) is 53.3 Å². The molecule has 2 aliphatic carbocycles. The number of carbonyl (C=O) groups excluding carboxylic acids is 4. The van der Waals surface area contributed by atoms with Crippen LogP contribution >= 0.6 is 21.6 Å². The van der Waals surface area contributed by atoms with Crippen LogP contribution < -0.4 is 27.0 Å². The lowest BCUT2D eigenvalue weighted by atomic mass is 9.90. The molecular weight excluding hydrogens is 787 g/mol. The minimum Gasteiger partial charge on any atom is -0.481 e. The average Bonchev–Trinajstić information content (AvgIpc) is 3.11. The van der Waals surface area contributed by atoms with Crippen molar-refractivity contribution >= 4 is 71.4 Å². The number of rotatable bonds is 16. The molecule has 0 aliphatic heterocycles. The highest BCUT2D eigenvalue weighted by Crippen LogP contribution is 2.25. The van der Waals surface area contributed by atoms with Gasteiger partial charge in [0.05, 0.1) is 17.5 Å². The smallest absolute Gasteiger partial charge is 0.304 e. The molecule has 0 spiro atoms. The zero-order valence-corrected chi connectivity index (χ0v) is 32.3. The van der Waals surface area contributed by atoms with Gasteiger partial charge >= 0.3 is 5.97 Å². The number of benzene rings is 2. The largest absolute Gasteiger partial charge is 0.481 e. The average molecular weight is 830 g/mol. The standard InChI is InChI=1S/C33H43N5O12S4/c34-21-3-5-22(6-4-21)37-32(43)26-12-2-20(18-28(26)54(48,49)50)31(42)36-23-7-9-24(10-8-23)38-33(44)25-11-1-19(17-27(25)53(45,46)47)30(41)35-14-16-52-51-15-13-29(39)40/h1-2,11-12,17-18,21-24H,3-10,13-16,34H2,(H,35,41)(H,36,42)(H,37,43)(H,38,44)(H,39,40)(H,45,46,47)(H,48,49,50)/t21-,22-,23-,24-. The summed E-state index contributed by atoms with van der Waals surface area (Å²) < 4.78 is 68.6. The predicted octanol–water partition coefficient (Wildman–Crippen LogP) is 2.24. The first-order valence-corrected chi connectivity index (χ1v) is 22.4. The molecule has 0 radical (unpaired) electrons. The molecule has 4 amide bonds. The van der Waals surface area contributed by atoms with E-state index in [0.717, 1.165) is 18.2 Å². The van der Waals surface area contributed by atoms with E-state index < -0.39 is 65.7 Å². The highest BCUT2D eigenvalue weighted by molar-refractivity contribution is 8.76. The number of carbonyl (C=O) groups is 5. The van der Waals surface area contributed by atoms with Gasteiger partial charge in [-0.1, -0.05) is 21.6 Å². The van der Waals surface area contributed by atoms with E-state index in [0.29, 0.717) is 62.9 Å². The highest BCUT2D eigenvalue weighted by atomic mass is 33.1. The Kier molecular flexibility index (Phi) is 15.3.